The molecule has 0 radical (unpaired) electrons. The van der Waals surface area contributed by atoms with Gasteiger partial charge < -0.3 is 10.2 Å². The molecule has 2 heterocycles. The molecule has 0 amide bonds. The van der Waals surface area contributed by atoms with Gasteiger partial charge in [0.25, 0.3) is 0 Å². The number of nitrogens with one attached hydrogen (secondary N) is 1. The monoisotopic (exact) mass is 282 g/mol. The van der Waals surface area contributed by atoms with Crippen molar-refractivity contribution in [2.45, 2.75) is 12.5 Å². The Kier molecular flexibility index (Phi) is 4.04. The van der Waals surface area contributed by atoms with Crippen LogP contribution in [-0.2, 0) is 9.84 Å². The van der Waals surface area contributed by atoms with Crippen LogP contribution < -0.4 is 10.2 Å². The Balaban J connectivity index is 2.10. The van der Waals surface area contributed by atoms with Crippen LogP contribution in [0.15, 0.2) is 24.9 Å². The molecule has 1 aliphatic rings. The Morgan fingerprint density at radius 2 is 2.42 bits per heavy atom. The summed E-state index contributed by atoms with van der Waals surface area (Å²) >= 11 is 0. The molecule has 7 heteroatoms. The molecule has 0 spiro atoms. The highest BCUT2D eigenvalue weighted by Crippen LogP contribution is 2.20. The van der Waals surface area contributed by atoms with E-state index in [1.165, 1.54) is 0 Å². The van der Waals surface area contributed by atoms with Crippen molar-refractivity contribution in [2.24, 2.45) is 0 Å². The first kappa shape index (κ1) is 13.8. The van der Waals surface area contributed by atoms with Crippen molar-refractivity contribution in [2.75, 3.05) is 35.3 Å². The third-order valence-corrected chi connectivity index (χ3v) is 4.89. The number of sulfone groups is 1. The summed E-state index contributed by atoms with van der Waals surface area (Å²) < 4.78 is 23.0. The van der Waals surface area contributed by atoms with Crippen molar-refractivity contribution in [3.63, 3.8) is 0 Å². The van der Waals surface area contributed by atoms with Gasteiger partial charge in [0, 0.05) is 25.8 Å². The van der Waals surface area contributed by atoms with E-state index < -0.39 is 9.84 Å². The van der Waals surface area contributed by atoms with E-state index in [-0.39, 0.29) is 17.5 Å². The van der Waals surface area contributed by atoms with E-state index >= 15 is 0 Å². The van der Waals surface area contributed by atoms with Crippen LogP contribution in [0.5, 0.6) is 0 Å². The maximum atomic E-state index is 11.5. The molecule has 1 aliphatic heterocycles. The minimum atomic E-state index is -2.90. The van der Waals surface area contributed by atoms with Crippen molar-refractivity contribution < 1.29 is 8.42 Å². The summed E-state index contributed by atoms with van der Waals surface area (Å²) in [5, 5.41) is 3.08. The minimum Gasteiger partial charge on any atom is -0.366 e. The quantitative estimate of drug-likeness (QED) is 0.801. The lowest BCUT2D eigenvalue weighted by Crippen LogP contribution is -2.33. The fraction of sp³-hybridized carbons (Fsp3) is 0.500. The zero-order valence-electron chi connectivity index (χ0n) is 10.9. The molecule has 0 aliphatic carbocycles. The third kappa shape index (κ3) is 3.44. The van der Waals surface area contributed by atoms with Gasteiger partial charge in [-0.05, 0) is 12.5 Å². The zero-order valence-corrected chi connectivity index (χ0v) is 11.7. The summed E-state index contributed by atoms with van der Waals surface area (Å²) in [4.78, 5) is 10.4. The van der Waals surface area contributed by atoms with Gasteiger partial charge in [0.15, 0.2) is 9.84 Å². The predicted molar refractivity (Wildman–Crippen MR) is 76.2 cm³/mol. The molecule has 1 unspecified atom stereocenters. The van der Waals surface area contributed by atoms with Crippen LogP contribution in [0.25, 0.3) is 0 Å². The zero-order chi connectivity index (χ0) is 13.9. The number of rotatable bonds is 5. The molecule has 1 aromatic rings. The van der Waals surface area contributed by atoms with E-state index in [1.54, 1.807) is 18.3 Å². The van der Waals surface area contributed by atoms with E-state index in [0.717, 1.165) is 0 Å². The van der Waals surface area contributed by atoms with Gasteiger partial charge in [0.2, 0.25) is 5.95 Å². The average Bonchev–Trinajstić information content (AvgIpc) is 2.76. The summed E-state index contributed by atoms with van der Waals surface area (Å²) in [7, 11) is -1.07. The Hall–Kier alpha value is -1.63. The van der Waals surface area contributed by atoms with Crippen LogP contribution in [0, 0.1) is 0 Å². The summed E-state index contributed by atoms with van der Waals surface area (Å²) in [6.07, 6.45) is 4.04. The normalized spacial score (nSPS) is 21.0. The largest absolute Gasteiger partial charge is 0.366 e. The number of aromatic nitrogens is 2. The van der Waals surface area contributed by atoms with Crippen molar-refractivity contribution in [1.82, 2.24) is 9.97 Å². The molecule has 6 nitrogen and oxygen atoms in total. The molecule has 1 N–H and O–H groups in total. The average molecular weight is 282 g/mol. The van der Waals surface area contributed by atoms with Gasteiger partial charge in [-0.15, -0.1) is 6.58 Å². The van der Waals surface area contributed by atoms with E-state index in [2.05, 4.69) is 21.9 Å². The van der Waals surface area contributed by atoms with Crippen molar-refractivity contribution in [1.29, 1.82) is 0 Å². The molecule has 1 fully saturated rings. The Bertz CT molecular complexity index is 559. The van der Waals surface area contributed by atoms with Crippen LogP contribution in [-0.4, -0.2) is 49.5 Å². The molecular formula is C12H18N4O2S. The van der Waals surface area contributed by atoms with Crippen LogP contribution in [0.2, 0.25) is 0 Å². The standard InChI is InChI=1S/C12H18N4O2S/c1-3-6-13-11-4-7-14-12(15-11)16(2)10-5-8-19(17,18)9-10/h3-4,7,10H,1,5-6,8-9H2,2H3,(H,13,14,15). The second-order valence-electron chi connectivity index (χ2n) is 4.58. The van der Waals surface area contributed by atoms with Gasteiger partial charge in [-0.3, -0.25) is 0 Å². The van der Waals surface area contributed by atoms with Gasteiger partial charge in [-0.2, -0.15) is 4.98 Å². The van der Waals surface area contributed by atoms with Gasteiger partial charge in [0.1, 0.15) is 5.82 Å². The summed E-state index contributed by atoms with van der Waals surface area (Å²) in [6, 6.07) is 1.73. The molecule has 1 atom stereocenters. The summed E-state index contributed by atoms with van der Waals surface area (Å²) in [5.41, 5.74) is 0. The number of hydrogen-bond acceptors (Lipinski definition) is 6. The van der Waals surface area contributed by atoms with E-state index in [0.29, 0.717) is 24.7 Å². The van der Waals surface area contributed by atoms with Gasteiger partial charge >= 0.3 is 0 Å². The minimum absolute atomic E-state index is 0.0420. The molecule has 0 bridgehead atoms. The number of hydrogen-bond donors (Lipinski definition) is 1. The molecule has 0 aromatic carbocycles. The van der Waals surface area contributed by atoms with Gasteiger partial charge in [-0.1, -0.05) is 6.08 Å². The van der Waals surface area contributed by atoms with Crippen LogP contribution in [0.3, 0.4) is 0 Å². The lowest BCUT2D eigenvalue weighted by Gasteiger charge is -2.23. The Morgan fingerprint density at radius 3 is 3.05 bits per heavy atom. The maximum Gasteiger partial charge on any atom is 0.227 e. The van der Waals surface area contributed by atoms with Crippen LogP contribution in [0.4, 0.5) is 11.8 Å². The third-order valence-electron chi connectivity index (χ3n) is 3.14. The smallest absolute Gasteiger partial charge is 0.227 e. The Labute approximate surface area is 113 Å². The molecule has 19 heavy (non-hydrogen) atoms. The van der Waals surface area contributed by atoms with Crippen molar-refractivity contribution in [3.8, 4) is 0 Å². The highest BCUT2D eigenvalue weighted by atomic mass is 32.2. The van der Waals surface area contributed by atoms with Crippen molar-refractivity contribution >= 4 is 21.6 Å². The second-order valence-corrected chi connectivity index (χ2v) is 6.81. The molecular weight excluding hydrogens is 264 g/mol. The SMILES string of the molecule is C=CCNc1ccnc(N(C)C2CCS(=O)(=O)C2)n1. The highest BCUT2D eigenvalue weighted by Gasteiger charge is 2.31. The van der Waals surface area contributed by atoms with E-state index in [4.69, 9.17) is 0 Å². The van der Waals surface area contributed by atoms with Crippen molar-refractivity contribution in [3.05, 3.63) is 24.9 Å². The lowest BCUT2D eigenvalue weighted by molar-refractivity contribution is 0.600. The molecule has 1 aromatic heterocycles. The lowest BCUT2D eigenvalue weighted by atomic mass is 10.2. The summed E-state index contributed by atoms with van der Waals surface area (Å²) in [6.45, 7) is 4.25. The van der Waals surface area contributed by atoms with Gasteiger partial charge in [-0.25, -0.2) is 13.4 Å². The first-order valence-corrected chi connectivity index (χ1v) is 7.95. The van der Waals surface area contributed by atoms with E-state index in [1.807, 2.05) is 11.9 Å². The first-order chi connectivity index (χ1) is 9.02. The predicted octanol–water partition coefficient (Wildman–Crippen LogP) is 0.698. The fourth-order valence-corrected chi connectivity index (χ4v) is 3.81. The number of nitrogens with zero attached hydrogens (tertiary/aromatic N) is 3. The molecule has 2 rings (SSSR count). The Morgan fingerprint density at radius 1 is 1.63 bits per heavy atom. The summed E-state index contributed by atoms with van der Waals surface area (Å²) in [5.74, 6) is 1.67. The topological polar surface area (TPSA) is 75.2 Å². The molecule has 1 saturated heterocycles. The first-order valence-electron chi connectivity index (χ1n) is 6.13. The van der Waals surface area contributed by atoms with Crippen LogP contribution in [0.1, 0.15) is 6.42 Å². The fourth-order valence-electron chi connectivity index (χ4n) is 2.04. The van der Waals surface area contributed by atoms with Gasteiger partial charge in [0.05, 0.1) is 11.5 Å². The maximum absolute atomic E-state index is 11.5. The molecule has 104 valence electrons. The second kappa shape index (κ2) is 5.56. The molecule has 0 saturated carbocycles. The number of anilines is 2. The van der Waals surface area contributed by atoms with Crippen LogP contribution >= 0.6 is 0 Å². The van der Waals surface area contributed by atoms with E-state index in [9.17, 15) is 8.42 Å². The highest BCUT2D eigenvalue weighted by molar-refractivity contribution is 7.91.